The molecule has 5 heteroatoms. The van der Waals surface area contributed by atoms with Crippen LogP contribution in [0.5, 0.6) is 0 Å². The zero-order chi connectivity index (χ0) is 16.3. The smallest absolute Gasteiger partial charge is 0.317 e. The first-order valence-corrected chi connectivity index (χ1v) is 8.27. The molecule has 0 aromatic heterocycles. The van der Waals surface area contributed by atoms with Crippen LogP contribution in [0.1, 0.15) is 52.9 Å². The van der Waals surface area contributed by atoms with E-state index in [9.17, 15) is 14.7 Å². The summed E-state index contributed by atoms with van der Waals surface area (Å²) in [6, 6.07) is -0.0101. The number of carbonyl (C=O) groups is 2. The number of carbonyl (C=O) groups excluding carboxylic acids is 1. The molecule has 1 aliphatic carbocycles. The topological polar surface area (TPSA) is 69.6 Å². The Balaban J connectivity index is 1.87. The lowest BCUT2D eigenvalue weighted by Gasteiger charge is -2.24. The molecule has 1 aliphatic heterocycles. The van der Waals surface area contributed by atoms with Crippen LogP contribution in [0.2, 0.25) is 0 Å². The van der Waals surface area contributed by atoms with Gasteiger partial charge < -0.3 is 15.3 Å². The van der Waals surface area contributed by atoms with Gasteiger partial charge in [0.05, 0.1) is 5.41 Å². The summed E-state index contributed by atoms with van der Waals surface area (Å²) in [5.74, 6) is -0.612. The zero-order valence-corrected chi connectivity index (χ0v) is 13.9. The minimum atomic E-state index is -0.734. The second kappa shape index (κ2) is 6.71. The van der Waals surface area contributed by atoms with Gasteiger partial charge in [-0.3, -0.25) is 4.79 Å². The van der Waals surface area contributed by atoms with Gasteiger partial charge in [-0.05, 0) is 52.4 Å². The van der Waals surface area contributed by atoms with Gasteiger partial charge in [-0.2, -0.15) is 0 Å². The van der Waals surface area contributed by atoms with Crippen molar-refractivity contribution in [3.8, 4) is 0 Å². The molecule has 0 radical (unpaired) electrons. The molecule has 1 unspecified atom stereocenters. The van der Waals surface area contributed by atoms with Gasteiger partial charge in [0.2, 0.25) is 0 Å². The highest BCUT2D eigenvalue weighted by molar-refractivity contribution is 5.80. The second-order valence-electron chi connectivity index (χ2n) is 7.14. The molecule has 0 bridgehead atoms. The highest BCUT2D eigenvalue weighted by atomic mass is 16.4. The number of hydrogen-bond donors (Lipinski definition) is 2. The van der Waals surface area contributed by atoms with E-state index in [1.54, 1.807) is 4.90 Å². The predicted molar refractivity (Wildman–Crippen MR) is 85.6 cm³/mol. The van der Waals surface area contributed by atoms with Crippen molar-refractivity contribution in [2.45, 2.75) is 58.9 Å². The first kappa shape index (κ1) is 16.8. The van der Waals surface area contributed by atoms with E-state index in [1.165, 1.54) is 5.57 Å². The minimum absolute atomic E-state index is 0.101. The molecular weight excluding hydrogens is 280 g/mol. The highest BCUT2D eigenvalue weighted by Crippen LogP contribution is 2.48. The third-order valence-corrected chi connectivity index (χ3v) is 5.11. The molecule has 0 aromatic rings. The fraction of sp³-hybridized carbons (Fsp3) is 0.765. The summed E-state index contributed by atoms with van der Waals surface area (Å²) in [4.78, 5) is 25.7. The zero-order valence-electron chi connectivity index (χ0n) is 13.9. The summed E-state index contributed by atoms with van der Waals surface area (Å²) >= 11 is 0. The van der Waals surface area contributed by atoms with Crippen molar-refractivity contribution in [3.63, 3.8) is 0 Å². The van der Waals surface area contributed by atoms with Crippen LogP contribution in [0.15, 0.2) is 11.6 Å². The Labute approximate surface area is 132 Å². The van der Waals surface area contributed by atoms with Crippen molar-refractivity contribution in [2.75, 3.05) is 13.1 Å². The number of nitrogens with one attached hydrogen (secondary N) is 1. The van der Waals surface area contributed by atoms with E-state index in [2.05, 4.69) is 25.2 Å². The number of nitrogens with zero attached hydrogens (tertiary/aromatic N) is 1. The number of urea groups is 1. The fourth-order valence-electron chi connectivity index (χ4n) is 3.79. The average molecular weight is 308 g/mol. The van der Waals surface area contributed by atoms with Gasteiger partial charge in [-0.1, -0.05) is 18.1 Å². The highest BCUT2D eigenvalue weighted by Gasteiger charge is 2.55. The Morgan fingerprint density at radius 1 is 1.45 bits per heavy atom. The average Bonchev–Trinajstić information content (AvgIpc) is 2.95. The number of fused-ring (bicyclic) bond motifs is 1. The molecule has 3 atom stereocenters. The van der Waals surface area contributed by atoms with Gasteiger partial charge in [0.1, 0.15) is 0 Å². The maximum atomic E-state index is 12.4. The third kappa shape index (κ3) is 3.45. The lowest BCUT2D eigenvalue weighted by Crippen LogP contribution is -2.44. The Bertz CT molecular complexity index is 471. The SMILES string of the molecule is CC(C)=CCCC(C)NC(=O)N1C[C@@H]2CCC[C@@]2(C(=O)O)C1. The molecule has 0 aromatic carbocycles. The molecule has 1 saturated heterocycles. The van der Waals surface area contributed by atoms with Gasteiger partial charge in [0.15, 0.2) is 0 Å². The van der Waals surface area contributed by atoms with Crippen LogP contribution in [-0.2, 0) is 4.79 Å². The first-order valence-electron chi connectivity index (χ1n) is 8.27. The molecule has 124 valence electrons. The normalized spacial score (nSPS) is 28.1. The largest absolute Gasteiger partial charge is 0.481 e. The molecule has 22 heavy (non-hydrogen) atoms. The van der Waals surface area contributed by atoms with Crippen molar-refractivity contribution in [1.29, 1.82) is 0 Å². The summed E-state index contributed by atoms with van der Waals surface area (Å²) in [5, 5.41) is 12.6. The molecular formula is C17H28N2O3. The summed E-state index contributed by atoms with van der Waals surface area (Å²) in [5.41, 5.74) is 0.595. The number of likely N-dealkylation sites (tertiary alicyclic amines) is 1. The van der Waals surface area contributed by atoms with Crippen molar-refractivity contribution in [2.24, 2.45) is 11.3 Å². The quantitative estimate of drug-likeness (QED) is 0.767. The molecule has 0 spiro atoms. The monoisotopic (exact) mass is 308 g/mol. The fourth-order valence-corrected chi connectivity index (χ4v) is 3.79. The Morgan fingerprint density at radius 3 is 2.77 bits per heavy atom. The van der Waals surface area contributed by atoms with Crippen LogP contribution in [0.4, 0.5) is 4.79 Å². The maximum Gasteiger partial charge on any atom is 0.317 e. The molecule has 2 N–H and O–H groups in total. The number of allylic oxidation sites excluding steroid dienone is 2. The summed E-state index contributed by atoms with van der Waals surface area (Å²) < 4.78 is 0. The molecule has 1 saturated carbocycles. The molecule has 1 heterocycles. The van der Waals surface area contributed by atoms with Gasteiger partial charge in [-0.15, -0.1) is 0 Å². The van der Waals surface area contributed by atoms with Crippen molar-refractivity contribution < 1.29 is 14.7 Å². The van der Waals surface area contributed by atoms with Crippen LogP contribution in [-0.4, -0.2) is 41.1 Å². The van der Waals surface area contributed by atoms with Crippen LogP contribution in [0.25, 0.3) is 0 Å². The summed E-state index contributed by atoms with van der Waals surface area (Å²) in [7, 11) is 0. The Hall–Kier alpha value is -1.52. The number of rotatable bonds is 5. The van der Waals surface area contributed by atoms with E-state index in [4.69, 9.17) is 0 Å². The van der Waals surface area contributed by atoms with E-state index in [0.29, 0.717) is 19.5 Å². The van der Waals surface area contributed by atoms with Crippen molar-refractivity contribution in [3.05, 3.63) is 11.6 Å². The number of amides is 2. The number of carboxylic acids is 1. The molecule has 2 aliphatic rings. The lowest BCUT2D eigenvalue weighted by atomic mass is 9.81. The van der Waals surface area contributed by atoms with Crippen molar-refractivity contribution >= 4 is 12.0 Å². The van der Waals surface area contributed by atoms with Gasteiger partial charge in [0.25, 0.3) is 0 Å². The third-order valence-electron chi connectivity index (χ3n) is 5.11. The number of hydrogen-bond acceptors (Lipinski definition) is 2. The van der Waals surface area contributed by atoms with Crippen LogP contribution in [0, 0.1) is 11.3 Å². The van der Waals surface area contributed by atoms with Crippen molar-refractivity contribution in [1.82, 2.24) is 10.2 Å². The minimum Gasteiger partial charge on any atom is -0.481 e. The summed E-state index contributed by atoms with van der Waals surface area (Å²) in [6.45, 7) is 7.08. The Morgan fingerprint density at radius 2 is 2.18 bits per heavy atom. The van der Waals surface area contributed by atoms with E-state index < -0.39 is 11.4 Å². The van der Waals surface area contributed by atoms with E-state index >= 15 is 0 Å². The number of carboxylic acid groups (broad SMARTS) is 1. The van der Waals surface area contributed by atoms with E-state index in [0.717, 1.165) is 25.7 Å². The predicted octanol–water partition coefficient (Wildman–Crippen LogP) is 3.02. The molecule has 2 amide bonds. The van der Waals surface area contributed by atoms with Gasteiger partial charge >= 0.3 is 12.0 Å². The molecule has 5 nitrogen and oxygen atoms in total. The van der Waals surface area contributed by atoms with Crippen LogP contribution >= 0.6 is 0 Å². The van der Waals surface area contributed by atoms with E-state index in [1.807, 2.05) is 6.92 Å². The lowest BCUT2D eigenvalue weighted by molar-refractivity contribution is -0.149. The van der Waals surface area contributed by atoms with Gasteiger partial charge in [-0.25, -0.2) is 4.79 Å². The van der Waals surface area contributed by atoms with Crippen LogP contribution in [0.3, 0.4) is 0 Å². The molecule has 2 rings (SSSR count). The standard InChI is InChI=1S/C17H28N2O3/c1-12(2)6-4-7-13(3)18-16(22)19-10-14-8-5-9-17(14,11-19)15(20)21/h6,13-14H,4-5,7-11H2,1-3H3,(H,18,22)(H,20,21)/t13?,14-,17+/m0/s1. The first-order chi connectivity index (χ1) is 10.3. The molecule has 2 fully saturated rings. The van der Waals surface area contributed by atoms with E-state index in [-0.39, 0.29) is 18.0 Å². The Kier molecular flexibility index (Phi) is 5.14. The van der Waals surface area contributed by atoms with Crippen LogP contribution < -0.4 is 5.32 Å². The second-order valence-corrected chi connectivity index (χ2v) is 7.14. The van der Waals surface area contributed by atoms with Gasteiger partial charge in [0, 0.05) is 19.1 Å². The maximum absolute atomic E-state index is 12.4. The number of aliphatic carboxylic acids is 1. The summed E-state index contributed by atoms with van der Waals surface area (Å²) in [6.07, 6.45) is 6.61.